The molecule has 0 saturated heterocycles. The van der Waals surface area contributed by atoms with Crippen molar-refractivity contribution in [2.75, 3.05) is 11.9 Å². The van der Waals surface area contributed by atoms with Gasteiger partial charge in [-0.15, -0.1) is 0 Å². The summed E-state index contributed by atoms with van der Waals surface area (Å²) in [6.07, 6.45) is 1.23. The minimum Gasteiger partial charge on any atom is -0.490 e. The van der Waals surface area contributed by atoms with Crippen molar-refractivity contribution in [1.29, 1.82) is 5.26 Å². The van der Waals surface area contributed by atoms with Gasteiger partial charge in [0.15, 0.2) is 11.5 Å². The number of benzene rings is 2. The van der Waals surface area contributed by atoms with Gasteiger partial charge in [-0.1, -0.05) is 0 Å². The van der Waals surface area contributed by atoms with Gasteiger partial charge in [-0.3, -0.25) is 19.7 Å². The molecule has 0 aliphatic rings. The van der Waals surface area contributed by atoms with E-state index in [0.717, 1.165) is 18.2 Å². The van der Waals surface area contributed by atoms with Crippen molar-refractivity contribution >= 4 is 51.9 Å². The van der Waals surface area contributed by atoms with Crippen molar-refractivity contribution in [1.82, 2.24) is 0 Å². The van der Waals surface area contributed by atoms with Gasteiger partial charge in [-0.2, -0.15) is 5.26 Å². The van der Waals surface area contributed by atoms with Crippen LogP contribution in [0.5, 0.6) is 11.5 Å². The largest absolute Gasteiger partial charge is 0.490 e. The van der Waals surface area contributed by atoms with E-state index in [0.29, 0.717) is 9.13 Å². The van der Waals surface area contributed by atoms with Crippen LogP contribution in [0.3, 0.4) is 0 Å². The molecule has 2 rings (SSSR count). The van der Waals surface area contributed by atoms with E-state index in [9.17, 15) is 29.4 Å². The number of amides is 1. The zero-order valence-corrected chi connectivity index (χ0v) is 18.4. The number of carbonyl (C=O) groups excluding carboxylic acids is 2. The van der Waals surface area contributed by atoms with Gasteiger partial charge in [0.25, 0.3) is 11.6 Å². The van der Waals surface area contributed by atoms with Gasteiger partial charge in [0.2, 0.25) is 0 Å². The molecule has 0 unspecified atom stereocenters. The summed E-state index contributed by atoms with van der Waals surface area (Å²) in [7, 11) is 0. The quantitative estimate of drug-likeness (QED) is 0.106. The van der Waals surface area contributed by atoms with E-state index in [1.807, 2.05) is 22.6 Å². The number of nitro benzene ring substituents is 1. The standard InChI is InChI=1S/C20H15FIN3O6/c1-3-30-18-8-12(7-16(22)19(18)31-11(2)26)6-13(10-23)20(27)24-17-9-14(25(28)29)4-5-15(17)21/h4-9H,3H2,1-2H3,(H,24,27). The third-order valence-electron chi connectivity index (χ3n) is 3.66. The third-order valence-corrected chi connectivity index (χ3v) is 4.46. The molecule has 160 valence electrons. The maximum absolute atomic E-state index is 13.9. The van der Waals surface area contributed by atoms with Crippen molar-refractivity contribution in [2.45, 2.75) is 13.8 Å². The monoisotopic (exact) mass is 539 g/mol. The molecule has 2 aromatic carbocycles. The van der Waals surface area contributed by atoms with E-state index < -0.39 is 34.0 Å². The molecule has 0 aromatic heterocycles. The molecule has 0 bridgehead atoms. The second-order valence-electron chi connectivity index (χ2n) is 5.90. The molecule has 2 aromatic rings. The Bertz CT molecular complexity index is 1130. The molecule has 0 aliphatic heterocycles. The Hall–Kier alpha value is -3.53. The highest BCUT2D eigenvalue weighted by molar-refractivity contribution is 14.1. The average Bonchev–Trinajstić information content (AvgIpc) is 2.70. The van der Waals surface area contributed by atoms with Gasteiger partial charge in [-0.05, 0) is 59.4 Å². The molecule has 0 aliphatic carbocycles. The van der Waals surface area contributed by atoms with Crippen molar-refractivity contribution < 1.29 is 28.4 Å². The number of esters is 1. The fraction of sp³-hybridized carbons (Fsp3) is 0.150. The van der Waals surface area contributed by atoms with E-state index in [-0.39, 0.29) is 23.7 Å². The fourth-order valence-corrected chi connectivity index (χ4v) is 3.14. The van der Waals surface area contributed by atoms with Crippen LogP contribution in [0.1, 0.15) is 19.4 Å². The summed E-state index contributed by atoms with van der Waals surface area (Å²) in [5, 5.41) is 22.4. The topological polar surface area (TPSA) is 132 Å². The molecular formula is C20H15FIN3O6. The number of hydrogen-bond acceptors (Lipinski definition) is 7. The van der Waals surface area contributed by atoms with Crippen LogP contribution in [0.25, 0.3) is 6.08 Å². The summed E-state index contributed by atoms with van der Waals surface area (Å²) < 4.78 is 25.0. The minimum absolute atomic E-state index is 0.203. The Morgan fingerprint density at radius 1 is 1.35 bits per heavy atom. The summed E-state index contributed by atoms with van der Waals surface area (Å²) in [6, 6.07) is 7.39. The molecule has 31 heavy (non-hydrogen) atoms. The zero-order valence-electron chi connectivity index (χ0n) is 16.3. The number of nitrogens with zero attached hydrogens (tertiary/aromatic N) is 2. The first-order chi connectivity index (χ1) is 14.7. The Morgan fingerprint density at radius 2 is 2.06 bits per heavy atom. The number of non-ortho nitro benzene ring substituents is 1. The predicted octanol–water partition coefficient (Wildman–Crippen LogP) is 4.21. The summed E-state index contributed by atoms with van der Waals surface area (Å²) >= 11 is 1.91. The maximum Gasteiger partial charge on any atom is 0.308 e. The van der Waals surface area contributed by atoms with Crippen LogP contribution in [0, 0.1) is 30.8 Å². The van der Waals surface area contributed by atoms with Gasteiger partial charge in [-0.25, -0.2) is 4.39 Å². The molecule has 0 atom stereocenters. The van der Waals surface area contributed by atoms with E-state index in [4.69, 9.17) is 9.47 Å². The first-order valence-electron chi connectivity index (χ1n) is 8.68. The van der Waals surface area contributed by atoms with Crippen molar-refractivity contribution in [3.63, 3.8) is 0 Å². The number of nitriles is 1. The molecule has 1 amide bonds. The summed E-state index contributed by atoms with van der Waals surface area (Å²) in [6.45, 7) is 3.24. The highest BCUT2D eigenvalue weighted by Gasteiger charge is 2.18. The van der Waals surface area contributed by atoms with Crippen LogP contribution in [0.2, 0.25) is 0 Å². The van der Waals surface area contributed by atoms with E-state index in [1.54, 1.807) is 19.1 Å². The molecular weight excluding hydrogens is 524 g/mol. The van der Waals surface area contributed by atoms with Crippen LogP contribution in [0.4, 0.5) is 15.8 Å². The van der Waals surface area contributed by atoms with Crippen LogP contribution in [0.15, 0.2) is 35.9 Å². The molecule has 0 fully saturated rings. The van der Waals surface area contributed by atoms with Gasteiger partial charge in [0.1, 0.15) is 17.5 Å². The second-order valence-corrected chi connectivity index (χ2v) is 7.06. The SMILES string of the molecule is CCOc1cc(C=C(C#N)C(=O)Nc2cc([N+](=O)[O-])ccc2F)cc(I)c1OC(C)=O. The second kappa shape index (κ2) is 10.5. The van der Waals surface area contributed by atoms with Crippen molar-refractivity contribution in [2.24, 2.45) is 0 Å². The number of carbonyl (C=O) groups is 2. The van der Waals surface area contributed by atoms with Crippen molar-refractivity contribution in [3.05, 3.63) is 61.0 Å². The van der Waals surface area contributed by atoms with Crippen LogP contribution < -0.4 is 14.8 Å². The average molecular weight is 539 g/mol. The smallest absolute Gasteiger partial charge is 0.308 e. The zero-order chi connectivity index (χ0) is 23.1. The molecule has 9 nitrogen and oxygen atoms in total. The minimum atomic E-state index is -0.959. The molecule has 11 heteroatoms. The summed E-state index contributed by atoms with van der Waals surface area (Å²) in [5.74, 6) is -1.96. The highest BCUT2D eigenvalue weighted by atomic mass is 127. The number of nitrogens with one attached hydrogen (secondary N) is 1. The molecule has 0 radical (unpaired) electrons. The van der Waals surface area contributed by atoms with Crippen LogP contribution in [-0.2, 0) is 9.59 Å². The lowest BCUT2D eigenvalue weighted by Gasteiger charge is -2.13. The van der Waals surface area contributed by atoms with Gasteiger partial charge < -0.3 is 14.8 Å². The van der Waals surface area contributed by atoms with E-state index in [2.05, 4.69) is 5.32 Å². The normalized spacial score (nSPS) is 10.7. The molecule has 0 spiro atoms. The number of halogens is 2. The number of rotatable bonds is 7. The number of nitro groups is 1. The fourth-order valence-electron chi connectivity index (χ4n) is 2.40. The van der Waals surface area contributed by atoms with Gasteiger partial charge in [0, 0.05) is 19.1 Å². The van der Waals surface area contributed by atoms with Gasteiger partial charge in [0.05, 0.1) is 20.8 Å². The first kappa shape index (κ1) is 23.7. The Labute approximate surface area is 189 Å². The summed E-state index contributed by atoms with van der Waals surface area (Å²) in [4.78, 5) is 33.9. The number of anilines is 1. The number of hydrogen-bond donors (Lipinski definition) is 1. The first-order valence-corrected chi connectivity index (χ1v) is 9.76. The van der Waals surface area contributed by atoms with E-state index >= 15 is 0 Å². The number of ether oxygens (including phenoxy) is 2. The third kappa shape index (κ3) is 6.22. The molecule has 0 saturated carbocycles. The lowest BCUT2D eigenvalue weighted by atomic mass is 10.1. The maximum atomic E-state index is 13.9. The summed E-state index contributed by atoms with van der Waals surface area (Å²) in [5.41, 5.74) is -0.856. The molecule has 0 heterocycles. The lowest BCUT2D eigenvalue weighted by Crippen LogP contribution is -2.14. The lowest BCUT2D eigenvalue weighted by molar-refractivity contribution is -0.384. The highest BCUT2D eigenvalue weighted by Crippen LogP contribution is 2.35. The Kier molecular flexibility index (Phi) is 8.03. The Balaban J connectivity index is 2.40. The van der Waals surface area contributed by atoms with Gasteiger partial charge >= 0.3 is 5.97 Å². The van der Waals surface area contributed by atoms with Crippen LogP contribution >= 0.6 is 22.6 Å². The predicted molar refractivity (Wildman–Crippen MR) is 117 cm³/mol. The van der Waals surface area contributed by atoms with Crippen molar-refractivity contribution in [3.8, 4) is 17.6 Å². The molecule has 1 N–H and O–H groups in total. The van der Waals surface area contributed by atoms with Crippen LogP contribution in [-0.4, -0.2) is 23.4 Å². The van der Waals surface area contributed by atoms with E-state index in [1.165, 1.54) is 19.1 Å². The Morgan fingerprint density at radius 3 is 2.65 bits per heavy atom.